The predicted octanol–water partition coefficient (Wildman–Crippen LogP) is 7.14. The molecule has 36 heavy (non-hydrogen) atoms. The largest absolute Gasteiger partial charge is 0.288 e. The lowest BCUT2D eigenvalue weighted by molar-refractivity contribution is 0.267. The van der Waals surface area contributed by atoms with E-state index >= 15 is 0 Å². The van der Waals surface area contributed by atoms with Crippen LogP contribution in [0.15, 0.2) is 132 Å². The molecule has 0 spiro atoms. The van der Waals surface area contributed by atoms with E-state index in [1.165, 1.54) is 22.3 Å². The first-order valence-electron chi connectivity index (χ1n) is 12.4. The Morgan fingerprint density at radius 2 is 0.639 bits per heavy atom. The van der Waals surface area contributed by atoms with Crippen LogP contribution in [0.1, 0.15) is 36.1 Å². The molecule has 0 atom stereocenters. The molecule has 4 heteroatoms. The molecule has 182 valence electrons. The SMILES string of the molecule is CC(=N\N(Cc1ccccc1)Cc1ccccc1)/C(C)=N/N(Cc1ccccc1)Cc1ccccc1. The Labute approximate surface area is 215 Å². The lowest BCUT2D eigenvalue weighted by Gasteiger charge is -2.23. The molecule has 0 saturated heterocycles. The topological polar surface area (TPSA) is 31.2 Å². The Morgan fingerprint density at radius 1 is 0.417 bits per heavy atom. The lowest BCUT2D eigenvalue weighted by Crippen LogP contribution is -2.24. The molecule has 0 unspecified atom stereocenters. The molecule has 0 amide bonds. The maximum Gasteiger partial charge on any atom is 0.0804 e. The number of hydrogen-bond donors (Lipinski definition) is 0. The highest BCUT2D eigenvalue weighted by atomic mass is 15.5. The van der Waals surface area contributed by atoms with Crippen LogP contribution < -0.4 is 0 Å². The van der Waals surface area contributed by atoms with Crippen LogP contribution in [0.2, 0.25) is 0 Å². The minimum Gasteiger partial charge on any atom is -0.288 e. The van der Waals surface area contributed by atoms with Crippen molar-refractivity contribution in [3.8, 4) is 0 Å². The van der Waals surface area contributed by atoms with Gasteiger partial charge in [-0.1, -0.05) is 121 Å². The van der Waals surface area contributed by atoms with Gasteiger partial charge in [0.2, 0.25) is 0 Å². The zero-order valence-corrected chi connectivity index (χ0v) is 21.2. The van der Waals surface area contributed by atoms with E-state index in [4.69, 9.17) is 10.2 Å². The molecule has 0 fully saturated rings. The van der Waals surface area contributed by atoms with E-state index in [9.17, 15) is 0 Å². The molecule has 0 aliphatic carbocycles. The van der Waals surface area contributed by atoms with E-state index in [-0.39, 0.29) is 0 Å². The van der Waals surface area contributed by atoms with Crippen LogP contribution in [0.5, 0.6) is 0 Å². The standard InChI is InChI=1S/C32H34N4/c1-27(33-35(23-29-15-7-3-8-16-29)24-30-17-9-4-10-18-30)28(2)34-36(25-31-19-11-5-12-20-31)26-32-21-13-6-14-22-32/h3-22H,23-26H2,1-2H3/b33-27+,34-28+. The van der Waals surface area contributed by atoms with Crippen molar-refractivity contribution >= 4 is 11.4 Å². The predicted molar refractivity (Wildman–Crippen MR) is 150 cm³/mol. The van der Waals surface area contributed by atoms with E-state index in [0.29, 0.717) is 0 Å². The minimum atomic E-state index is 0.734. The molecular formula is C32H34N4. The van der Waals surface area contributed by atoms with Gasteiger partial charge in [0.05, 0.1) is 37.6 Å². The number of hydrogen-bond acceptors (Lipinski definition) is 4. The molecule has 0 saturated carbocycles. The van der Waals surface area contributed by atoms with Gasteiger partial charge in [0.25, 0.3) is 0 Å². The fourth-order valence-corrected chi connectivity index (χ4v) is 4.00. The van der Waals surface area contributed by atoms with E-state index in [2.05, 4.69) is 107 Å². The molecule has 4 aromatic rings. The Balaban J connectivity index is 1.57. The van der Waals surface area contributed by atoms with Gasteiger partial charge in [0.1, 0.15) is 0 Å². The van der Waals surface area contributed by atoms with Crippen LogP contribution >= 0.6 is 0 Å². The second kappa shape index (κ2) is 13.1. The highest BCUT2D eigenvalue weighted by molar-refractivity contribution is 6.40. The monoisotopic (exact) mass is 474 g/mol. The van der Waals surface area contributed by atoms with E-state index in [0.717, 1.165) is 37.6 Å². The van der Waals surface area contributed by atoms with Crippen molar-refractivity contribution < 1.29 is 0 Å². The molecule has 4 nitrogen and oxygen atoms in total. The highest BCUT2D eigenvalue weighted by Gasteiger charge is 2.10. The fourth-order valence-electron chi connectivity index (χ4n) is 4.00. The summed E-state index contributed by atoms with van der Waals surface area (Å²) in [6.07, 6.45) is 0. The van der Waals surface area contributed by atoms with Crippen LogP contribution in [0.25, 0.3) is 0 Å². The number of benzene rings is 4. The summed E-state index contributed by atoms with van der Waals surface area (Å²) >= 11 is 0. The molecular weight excluding hydrogens is 440 g/mol. The highest BCUT2D eigenvalue weighted by Crippen LogP contribution is 2.13. The molecule has 0 N–H and O–H groups in total. The molecule has 0 radical (unpaired) electrons. The Bertz CT molecular complexity index is 1050. The Hall–Kier alpha value is -4.18. The zero-order chi connectivity index (χ0) is 25.0. The second-order valence-electron chi connectivity index (χ2n) is 8.96. The Morgan fingerprint density at radius 3 is 0.861 bits per heavy atom. The van der Waals surface area contributed by atoms with Crippen molar-refractivity contribution in [1.29, 1.82) is 0 Å². The van der Waals surface area contributed by atoms with Gasteiger partial charge in [-0.15, -0.1) is 0 Å². The quantitative estimate of drug-likeness (QED) is 0.171. The maximum absolute atomic E-state index is 5.03. The normalized spacial score (nSPS) is 11.8. The van der Waals surface area contributed by atoms with Gasteiger partial charge >= 0.3 is 0 Å². The molecule has 4 rings (SSSR count). The molecule has 0 bridgehead atoms. The molecule has 0 aliphatic rings. The second-order valence-corrected chi connectivity index (χ2v) is 8.96. The molecule has 0 aromatic heterocycles. The summed E-state index contributed by atoms with van der Waals surface area (Å²) < 4.78 is 0. The van der Waals surface area contributed by atoms with Crippen molar-refractivity contribution in [2.75, 3.05) is 0 Å². The minimum absolute atomic E-state index is 0.734. The summed E-state index contributed by atoms with van der Waals surface area (Å²) in [5.74, 6) is 0. The third-order valence-electron chi connectivity index (χ3n) is 5.94. The summed E-state index contributed by atoms with van der Waals surface area (Å²) in [5, 5.41) is 14.3. The first-order chi connectivity index (χ1) is 17.7. The van der Waals surface area contributed by atoms with Crippen molar-refractivity contribution in [3.63, 3.8) is 0 Å². The molecule has 0 heterocycles. The Kier molecular flexibility index (Phi) is 9.04. The van der Waals surface area contributed by atoms with Gasteiger partial charge in [0.15, 0.2) is 0 Å². The average molecular weight is 475 g/mol. The smallest absolute Gasteiger partial charge is 0.0804 e. The van der Waals surface area contributed by atoms with Crippen LogP contribution in [-0.4, -0.2) is 21.4 Å². The van der Waals surface area contributed by atoms with Crippen LogP contribution in [-0.2, 0) is 26.2 Å². The number of nitrogens with zero attached hydrogens (tertiary/aromatic N) is 4. The van der Waals surface area contributed by atoms with E-state index < -0.39 is 0 Å². The first-order valence-corrected chi connectivity index (χ1v) is 12.4. The zero-order valence-electron chi connectivity index (χ0n) is 21.2. The summed E-state index contributed by atoms with van der Waals surface area (Å²) in [6.45, 7) is 7.03. The van der Waals surface area contributed by atoms with Gasteiger partial charge in [-0.3, -0.25) is 10.0 Å². The lowest BCUT2D eigenvalue weighted by atomic mass is 10.2. The average Bonchev–Trinajstić information content (AvgIpc) is 2.91. The maximum atomic E-state index is 5.03. The number of hydrazone groups is 2. The van der Waals surface area contributed by atoms with Gasteiger partial charge in [-0.25, -0.2) is 0 Å². The third-order valence-corrected chi connectivity index (χ3v) is 5.94. The van der Waals surface area contributed by atoms with Crippen LogP contribution in [0.4, 0.5) is 0 Å². The molecule has 0 aliphatic heterocycles. The van der Waals surface area contributed by atoms with Crippen molar-refractivity contribution in [2.45, 2.75) is 40.0 Å². The van der Waals surface area contributed by atoms with E-state index in [1.54, 1.807) is 0 Å². The van der Waals surface area contributed by atoms with Crippen molar-refractivity contribution in [3.05, 3.63) is 144 Å². The first kappa shape index (κ1) is 24.9. The number of rotatable bonds is 11. The van der Waals surface area contributed by atoms with Gasteiger partial charge < -0.3 is 0 Å². The van der Waals surface area contributed by atoms with Crippen LogP contribution in [0.3, 0.4) is 0 Å². The van der Waals surface area contributed by atoms with E-state index in [1.807, 2.05) is 38.1 Å². The summed E-state index contributed by atoms with van der Waals surface area (Å²) in [7, 11) is 0. The summed E-state index contributed by atoms with van der Waals surface area (Å²) in [5.41, 5.74) is 6.74. The van der Waals surface area contributed by atoms with Crippen LogP contribution in [0, 0.1) is 0 Å². The van der Waals surface area contributed by atoms with Crippen molar-refractivity contribution in [1.82, 2.24) is 10.0 Å². The van der Waals surface area contributed by atoms with Gasteiger partial charge in [-0.05, 0) is 36.1 Å². The van der Waals surface area contributed by atoms with Crippen molar-refractivity contribution in [2.24, 2.45) is 10.2 Å². The van der Waals surface area contributed by atoms with Gasteiger partial charge in [-0.2, -0.15) is 10.2 Å². The van der Waals surface area contributed by atoms with Gasteiger partial charge in [0, 0.05) is 0 Å². The third kappa shape index (κ3) is 7.95. The summed E-state index contributed by atoms with van der Waals surface area (Å²) in [4.78, 5) is 0. The summed E-state index contributed by atoms with van der Waals surface area (Å²) in [6, 6.07) is 41.9. The fraction of sp³-hybridized carbons (Fsp3) is 0.188. The molecule has 4 aromatic carbocycles.